The molecule has 0 unspecified atom stereocenters. The zero-order valence-corrected chi connectivity index (χ0v) is 20.6. The first-order chi connectivity index (χ1) is 16.6. The van der Waals surface area contributed by atoms with Crippen LogP contribution in [0.2, 0.25) is 0 Å². The molecule has 2 aliphatic rings. The first-order valence-electron chi connectivity index (χ1n) is 11.5. The highest BCUT2D eigenvalue weighted by Crippen LogP contribution is 2.51. The number of hydrogen-bond acceptors (Lipinski definition) is 4. The molecule has 0 spiro atoms. The van der Waals surface area contributed by atoms with Crippen LogP contribution in [0.1, 0.15) is 36.8 Å². The minimum atomic E-state index is -4.79. The summed E-state index contributed by atoms with van der Waals surface area (Å²) in [6.07, 6.45) is -2.03. The summed E-state index contributed by atoms with van der Waals surface area (Å²) in [4.78, 5) is 28.5. The summed E-state index contributed by atoms with van der Waals surface area (Å²) < 4.78 is 42.5. The Morgan fingerprint density at radius 2 is 1.69 bits per heavy atom. The fourth-order valence-electron chi connectivity index (χ4n) is 4.80. The molecular formula is C25H27BrF3N3O3. The van der Waals surface area contributed by atoms with Crippen molar-refractivity contribution in [1.29, 1.82) is 0 Å². The predicted molar refractivity (Wildman–Crippen MR) is 128 cm³/mol. The Balaban J connectivity index is 1.64. The second-order valence-corrected chi connectivity index (χ2v) is 10.0. The van der Waals surface area contributed by atoms with E-state index in [-0.39, 0.29) is 24.1 Å². The summed E-state index contributed by atoms with van der Waals surface area (Å²) in [6, 6.07) is 12.0. The van der Waals surface area contributed by atoms with Gasteiger partial charge in [0.2, 0.25) is 11.8 Å². The third-order valence-corrected chi connectivity index (χ3v) is 7.27. The number of nitrogens with zero attached hydrogens (tertiary/aromatic N) is 1. The van der Waals surface area contributed by atoms with Gasteiger partial charge in [-0.1, -0.05) is 40.2 Å². The van der Waals surface area contributed by atoms with E-state index in [0.29, 0.717) is 44.3 Å². The average molecular weight is 554 g/mol. The van der Waals surface area contributed by atoms with Crippen molar-refractivity contribution in [3.63, 3.8) is 0 Å². The maximum Gasteiger partial charge on any atom is 0.573 e. The number of carbonyl (C=O) groups excluding carboxylic acids is 2. The zero-order valence-electron chi connectivity index (χ0n) is 19.0. The molecule has 6 nitrogen and oxygen atoms in total. The van der Waals surface area contributed by atoms with Gasteiger partial charge in [-0.3, -0.25) is 9.59 Å². The second-order valence-electron chi connectivity index (χ2n) is 9.10. The Morgan fingerprint density at radius 3 is 2.20 bits per heavy atom. The molecule has 4 rings (SSSR count). The van der Waals surface area contributed by atoms with Crippen LogP contribution in [-0.4, -0.2) is 48.2 Å². The lowest BCUT2D eigenvalue weighted by atomic mass is 9.90. The molecule has 2 aromatic carbocycles. The molecule has 1 saturated carbocycles. The summed E-state index contributed by atoms with van der Waals surface area (Å²) in [7, 11) is 0. The lowest BCUT2D eigenvalue weighted by molar-refractivity contribution is -0.274. The number of primary amides is 1. The van der Waals surface area contributed by atoms with Crippen LogP contribution in [0.5, 0.6) is 5.75 Å². The summed E-state index contributed by atoms with van der Waals surface area (Å²) in [6.45, 7) is 1.43. The molecule has 35 heavy (non-hydrogen) atoms. The number of halogens is 4. The van der Waals surface area contributed by atoms with E-state index < -0.39 is 23.7 Å². The molecular weight excluding hydrogens is 527 g/mol. The van der Waals surface area contributed by atoms with Crippen molar-refractivity contribution in [2.75, 3.05) is 13.1 Å². The summed E-state index contributed by atoms with van der Waals surface area (Å²) in [5.41, 5.74) is 6.47. The summed E-state index contributed by atoms with van der Waals surface area (Å²) >= 11 is 3.40. The Morgan fingerprint density at radius 1 is 1.09 bits per heavy atom. The van der Waals surface area contributed by atoms with Crippen molar-refractivity contribution >= 4 is 27.7 Å². The number of ether oxygens (including phenoxy) is 1. The molecule has 2 amide bonds. The molecule has 0 radical (unpaired) electrons. The van der Waals surface area contributed by atoms with Gasteiger partial charge in [0, 0.05) is 16.9 Å². The number of piperidine rings is 1. The maximum absolute atomic E-state index is 14.1. The number of alkyl halides is 3. The molecule has 0 bridgehead atoms. The number of hydrogen-bond donors (Lipinski definition) is 2. The first kappa shape index (κ1) is 25.5. The van der Waals surface area contributed by atoms with Gasteiger partial charge in [-0.25, -0.2) is 0 Å². The third-order valence-electron chi connectivity index (χ3n) is 6.74. The van der Waals surface area contributed by atoms with E-state index in [2.05, 4.69) is 26.0 Å². The second kappa shape index (κ2) is 10.2. The van der Waals surface area contributed by atoms with Crippen molar-refractivity contribution < 1.29 is 27.5 Å². The molecule has 1 aliphatic carbocycles. The topological polar surface area (TPSA) is 84.7 Å². The molecule has 3 N–H and O–H groups in total. The van der Waals surface area contributed by atoms with Gasteiger partial charge < -0.3 is 20.7 Å². The third kappa shape index (κ3) is 5.98. The molecule has 0 aromatic heterocycles. The predicted octanol–water partition coefficient (Wildman–Crippen LogP) is 4.06. The maximum atomic E-state index is 14.1. The van der Waals surface area contributed by atoms with Gasteiger partial charge in [-0.05, 0) is 74.2 Å². The van der Waals surface area contributed by atoms with Crippen LogP contribution in [0.25, 0.3) is 0 Å². The highest BCUT2D eigenvalue weighted by Gasteiger charge is 2.55. The number of nitrogens with two attached hydrogens (primary N) is 1. The minimum Gasteiger partial charge on any atom is -0.406 e. The number of rotatable bonds is 8. The van der Waals surface area contributed by atoms with Crippen LogP contribution in [0.15, 0.2) is 53.0 Å². The van der Waals surface area contributed by atoms with E-state index in [9.17, 15) is 22.8 Å². The van der Waals surface area contributed by atoms with Crippen molar-refractivity contribution in [2.24, 2.45) is 5.73 Å². The monoisotopic (exact) mass is 553 g/mol. The van der Waals surface area contributed by atoms with E-state index in [1.807, 2.05) is 24.3 Å². The highest BCUT2D eigenvalue weighted by atomic mass is 79.9. The van der Waals surface area contributed by atoms with Gasteiger partial charge in [-0.2, -0.15) is 0 Å². The Bertz CT molecular complexity index is 1050. The van der Waals surface area contributed by atoms with Gasteiger partial charge in [0.05, 0.1) is 5.41 Å². The van der Waals surface area contributed by atoms with Gasteiger partial charge in [0.25, 0.3) is 0 Å². The molecule has 10 heteroatoms. The van der Waals surface area contributed by atoms with E-state index in [0.717, 1.165) is 10.0 Å². The van der Waals surface area contributed by atoms with Gasteiger partial charge in [0.1, 0.15) is 11.8 Å². The van der Waals surface area contributed by atoms with Gasteiger partial charge >= 0.3 is 6.36 Å². The fraction of sp³-hybridized carbons (Fsp3) is 0.440. The molecule has 2 fully saturated rings. The normalized spacial score (nSPS) is 18.5. The number of carbonyl (C=O) groups is 2. The van der Waals surface area contributed by atoms with E-state index in [1.54, 1.807) is 4.90 Å². The van der Waals surface area contributed by atoms with Crippen LogP contribution >= 0.6 is 15.9 Å². The van der Waals surface area contributed by atoms with Gasteiger partial charge in [-0.15, -0.1) is 13.2 Å². The first-order valence-corrected chi connectivity index (χ1v) is 12.3. The number of amides is 2. The minimum absolute atomic E-state index is 0.165. The SMILES string of the molecule is NC(=O)[C@H](Cc1ccc(Br)cc1)N(C(=O)C1(c2ccc(OC(F)(F)F)cc2)CC1)C1CCNCC1. The quantitative estimate of drug-likeness (QED) is 0.516. The van der Waals surface area contributed by atoms with Crippen LogP contribution in [0.3, 0.4) is 0 Å². The van der Waals surface area contributed by atoms with Crippen molar-refractivity contribution in [3.05, 3.63) is 64.1 Å². The lowest BCUT2D eigenvalue weighted by Crippen LogP contribution is -2.58. The standard InChI is InChI=1S/C25H27BrF3N3O3/c26-18-5-1-16(2-6-18)15-21(22(30)33)32(19-9-13-31-14-10-19)23(34)24(11-12-24)17-3-7-20(8-4-17)35-25(27,28)29/h1-8,19,21,31H,9-15H2,(H2,30,33)/t21-/m0/s1. The fourth-order valence-corrected chi connectivity index (χ4v) is 5.06. The van der Waals surface area contributed by atoms with Crippen LogP contribution in [0.4, 0.5) is 13.2 Å². The van der Waals surface area contributed by atoms with Crippen molar-refractivity contribution in [3.8, 4) is 5.75 Å². The highest BCUT2D eigenvalue weighted by molar-refractivity contribution is 9.10. The lowest BCUT2D eigenvalue weighted by Gasteiger charge is -2.41. The van der Waals surface area contributed by atoms with Crippen molar-refractivity contribution in [1.82, 2.24) is 10.2 Å². The molecule has 2 aromatic rings. The smallest absolute Gasteiger partial charge is 0.406 e. The average Bonchev–Trinajstić information content (AvgIpc) is 3.62. The van der Waals surface area contributed by atoms with Crippen molar-refractivity contribution in [2.45, 2.75) is 56.0 Å². The van der Waals surface area contributed by atoms with Crippen LogP contribution in [-0.2, 0) is 21.4 Å². The number of benzene rings is 2. The molecule has 1 atom stereocenters. The van der Waals surface area contributed by atoms with E-state index >= 15 is 0 Å². The summed E-state index contributed by atoms with van der Waals surface area (Å²) in [5.74, 6) is -1.12. The van der Waals surface area contributed by atoms with E-state index in [1.165, 1.54) is 24.3 Å². The zero-order chi connectivity index (χ0) is 25.2. The van der Waals surface area contributed by atoms with Crippen LogP contribution in [0, 0.1) is 0 Å². The van der Waals surface area contributed by atoms with E-state index in [4.69, 9.17) is 5.73 Å². The molecule has 1 aliphatic heterocycles. The number of nitrogens with one attached hydrogen (secondary N) is 1. The largest absolute Gasteiger partial charge is 0.573 e. The molecule has 1 heterocycles. The molecule has 188 valence electrons. The molecule has 1 saturated heterocycles. The Kier molecular flexibility index (Phi) is 7.42. The summed E-state index contributed by atoms with van der Waals surface area (Å²) in [5, 5.41) is 3.28. The Hall–Kier alpha value is -2.59. The van der Waals surface area contributed by atoms with Gasteiger partial charge in [0.15, 0.2) is 0 Å². The Labute approximate surface area is 210 Å². The van der Waals surface area contributed by atoms with Crippen LogP contribution < -0.4 is 15.8 Å².